The average Bonchev–Trinajstić information content (AvgIpc) is 3.15. The SMILES string of the molecule is CCn1c(SCC(=O)Nc2ccccc2)nnc1-c1cncc(C(O)OC)c1. The second kappa shape index (κ2) is 9.45. The molecule has 3 rings (SSSR count). The molecule has 1 amide bonds. The number of nitrogens with zero attached hydrogens (tertiary/aromatic N) is 4. The molecule has 9 heteroatoms. The number of hydrogen-bond donors (Lipinski definition) is 2. The average molecular weight is 399 g/mol. The number of carbonyl (C=O) groups is 1. The molecule has 1 unspecified atom stereocenters. The molecule has 3 aromatic rings. The topological polar surface area (TPSA) is 102 Å². The van der Waals surface area contributed by atoms with Gasteiger partial charge in [0, 0.05) is 42.9 Å². The van der Waals surface area contributed by atoms with E-state index in [0.29, 0.717) is 28.7 Å². The molecule has 146 valence electrons. The van der Waals surface area contributed by atoms with E-state index < -0.39 is 6.29 Å². The van der Waals surface area contributed by atoms with Gasteiger partial charge in [-0.25, -0.2) is 0 Å². The number of carbonyl (C=O) groups excluding carboxylic acids is 1. The Morgan fingerprint density at radius 3 is 2.79 bits per heavy atom. The monoisotopic (exact) mass is 399 g/mol. The molecule has 28 heavy (non-hydrogen) atoms. The lowest BCUT2D eigenvalue weighted by atomic mass is 10.2. The van der Waals surface area contributed by atoms with Crippen molar-refractivity contribution in [2.24, 2.45) is 0 Å². The molecule has 0 saturated heterocycles. The third-order valence-corrected chi connectivity index (χ3v) is 4.92. The highest BCUT2D eigenvalue weighted by molar-refractivity contribution is 7.99. The van der Waals surface area contributed by atoms with Gasteiger partial charge >= 0.3 is 0 Å². The van der Waals surface area contributed by atoms with Crippen molar-refractivity contribution in [1.29, 1.82) is 0 Å². The number of hydrogen-bond acceptors (Lipinski definition) is 7. The van der Waals surface area contributed by atoms with Crippen LogP contribution in [0.4, 0.5) is 5.69 Å². The van der Waals surface area contributed by atoms with E-state index in [1.165, 1.54) is 25.1 Å². The maximum absolute atomic E-state index is 12.2. The molecule has 0 aliphatic rings. The van der Waals surface area contributed by atoms with Crippen LogP contribution in [0.3, 0.4) is 0 Å². The first-order valence-corrected chi connectivity index (χ1v) is 9.68. The zero-order valence-electron chi connectivity index (χ0n) is 15.6. The molecule has 0 spiro atoms. The molecular formula is C19H21N5O3S. The van der Waals surface area contributed by atoms with Crippen LogP contribution in [0, 0.1) is 0 Å². The lowest BCUT2D eigenvalue weighted by Crippen LogP contribution is -2.14. The van der Waals surface area contributed by atoms with Crippen LogP contribution < -0.4 is 5.32 Å². The fraction of sp³-hybridized carbons (Fsp3) is 0.263. The molecule has 0 aliphatic carbocycles. The summed E-state index contributed by atoms with van der Waals surface area (Å²) in [5.41, 5.74) is 2.00. The second-order valence-electron chi connectivity index (χ2n) is 5.85. The molecule has 8 nitrogen and oxygen atoms in total. The van der Waals surface area contributed by atoms with E-state index in [9.17, 15) is 9.90 Å². The summed E-state index contributed by atoms with van der Waals surface area (Å²) in [6.45, 7) is 2.60. The highest BCUT2D eigenvalue weighted by Gasteiger charge is 2.16. The van der Waals surface area contributed by atoms with Crippen molar-refractivity contribution < 1.29 is 14.6 Å². The normalized spacial score (nSPS) is 12.0. The first-order chi connectivity index (χ1) is 13.6. The van der Waals surface area contributed by atoms with E-state index in [1.807, 2.05) is 41.8 Å². The van der Waals surface area contributed by atoms with Crippen LogP contribution in [-0.2, 0) is 16.1 Å². The summed E-state index contributed by atoms with van der Waals surface area (Å²) in [4.78, 5) is 16.3. The third-order valence-electron chi connectivity index (χ3n) is 3.95. The maximum atomic E-state index is 12.2. The maximum Gasteiger partial charge on any atom is 0.234 e. The molecular weight excluding hydrogens is 378 g/mol. The van der Waals surface area contributed by atoms with Crippen molar-refractivity contribution in [3.05, 3.63) is 54.4 Å². The molecule has 0 fully saturated rings. The molecule has 1 atom stereocenters. The summed E-state index contributed by atoms with van der Waals surface area (Å²) >= 11 is 1.31. The number of aliphatic hydroxyl groups is 1. The van der Waals surface area contributed by atoms with E-state index in [1.54, 1.807) is 12.3 Å². The van der Waals surface area contributed by atoms with Crippen molar-refractivity contribution in [3.8, 4) is 11.4 Å². The van der Waals surface area contributed by atoms with Gasteiger partial charge in [-0.1, -0.05) is 30.0 Å². The van der Waals surface area contributed by atoms with Gasteiger partial charge in [0.2, 0.25) is 5.91 Å². The van der Waals surface area contributed by atoms with Gasteiger partial charge < -0.3 is 19.7 Å². The zero-order valence-corrected chi connectivity index (χ0v) is 16.4. The van der Waals surface area contributed by atoms with E-state index >= 15 is 0 Å². The van der Waals surface area contributed by atoms with E-state index in [0.717, 1.165) is 5.69 Å². The zero-order chi connectivity index (χ0) is 19.9. The smallest absolute Gasteiger partial charge is 0.234 e. The summed E-state index contributed by atoms with van der Waals surface area (Å²) in [6.07, 6.45) is 2.13. The minimum absolute atomic E-state index is 0.115. The molecule has 0 bridgehead atoms. The van der Waals surface area contributed by atoms with Crippen LogP contribution in [0.2, 0.25) is 0 Å². The molecule has 1 aromatic carbocycles. The minimum atomic E-state index is -1.05. The predicted octanol–water partition coefficient (Wildman–Crippen LogP) is 2.73. The van der Waals surface area contributed by atoms with Gasteiger partial charge in [0.15, 0.2) is 17.3 Å². The Morgan fingerprint density at radius 2 is 2.07 bits per heavy atom. The van der Waals surface area contributed by atoms with Gasteiger partial charge in [0.25, 0.3) is 0 Å². The Hall–Kier alpha value is -2.75. The molecule has 0 aliphatic heterocycles. The fourth-order valence-corrected chi connectivity index (χ4v) is 3.40. The first-order valence-electron chi connectivity index (χ1n) is 8.69. The summed E-state index contributed by atoms with van der Waals surface area (Å²) in [5, 5.41) is 21.8. The van der Waals surface area contributed by atoms with Crippen molar-refractivity contribution in [3.63, 3.8) is 0 Å². The number of pyridine rings is 1. The Morgan fingerprint density at radius 1 is 1.29 bits per heavy atom. The number of rotatable bonds is 8. The van der Waals surface area contributed by atoms with Gasteiger partial charge in [-0.2, -0.15) is 0 Å². The van der Waals surface area contributed by atoms with Crippen molar-refractivity contribution >= 4 is 23.4 Å². The Labute approximate surface area is 167 Å². The summed E-state index contributed by atoms with van der Waals surface area (Å²) in [5.74, 6) is 0.717. The summed E-state index contributed by atoms with van der Waals surface area (Å²) < 4.78 is 6.83. The third kappa shape index (κ3) is 4.75. The fourth-order valence-electron chi connectivity index (χ4n) is 2.59. The Balaban J connectivity index is 1.73. The molecule has 0 saturated carbocycles. The number of para-hydroxylation sites is 1. The van der Waals surface area contributed by atoms with Crippen LogP contribution in [0.5, 0.6) is 0 Å². The van der Waals surface area contributed by atoms with Gasteiger partial charge in [0.1, 0.15) is 0 Å². The molecule has 2 N–H and O–H groups in total. The largest absolute Gasteiger partial charge is 0.364 e. The van der Waals surface area contributed by atoms with Crippen molar-refractivity contribution in [1.82, 2.24) is 19.7 Å². The number of aromatic nitrogens is 4. The van der Waals surface area contributed by atoms with Crippen LogP contribution in [0.25, 0.3) is 11.4 Å². The summed E-state index contributed by atoms with van der Waals surface area (Å²) in [6, 6.07) is 11.1. The highest BCUT2D eigenvalue weighted by Crippen LogP contribution is 2.25. The number of thioether (sulfide) groups is 1. The first kappa shape index (κ1) is 20.0. The van der Waals surface area contributed by atoms with E-state index in [4.69, 9.17) is 4.74 Å². The standard InChI is InChI=1S/C19H21N5O3S/c1-3-24-17(13-9-14(11-20-10-13)18(26)27-2)22-23-19(24)28-12-16(25)21-15-7-5-4-6-8-15/h4-11,18,26H,3,12H2,1-2H3,(H,21,25). The number of methoxy groups -OCH3 is 1. The number of amides is 1. The molecule has 2 heterocycles. The Bertz CT molecular complexity index is 932. The minimum Gasteiger partial charge on any atom is -0.364 e. The lowest BCUT2D eigenvalue weighted by Gasteiger charge is -2.11. The number of aliphatic hydroxyl groups excluding tert-OH is 1. The van der Waals surface area contributed by atoms with Gasteiger partial charge in [-0.05, 0) is 25.1 Å². The molecule has 0 radical (unpaired) electrons. The predicted molar refractivity (Wildman–Crippen MR) is 107 cm³/mol. The van der Waals surface area contributed by atoms with E-state index in [2.05, 4.69) is 20.5 Å². The van der Waals surface area contributed by atoms with Crippen LogP contribution in [0.15, 0.2) is 53.9 Å². The number of anilines is 1. The van der Waals surface area contributed by atoms with Crippen LogP contribution in [0.1, 0.15) is 18.8 Å². The van der Waals surface area contributed by atoms with Gasteiger partial charge in [0.05, 0.1) is 5.75 Å². The van der Waals surface area contributed by atoms with Crippen molar-refractivity contribution in [2.75, 3.05) is 18.2 Å². The van der Waals surface area contributed by atoms with Gasteiger partial charge in [-0.15, -0.1) is 10.2 Å². The summed E-state index contributed by atoms with van der Waals surface area (Å²) in [7, 11) is 1.42. The number of nitrogens with one attached hydrogen (secondary N) is 1. The van der Waals surface area contributed by atoms with E-state index in [-0.39, 0.29) is 11.7 Å². The van der Waals surface area contributed by atoms with Crippen LogP contribution >= 0.6 is 11.8 Å². The second-order valence-corrected chi connectivity index (χ2v) is 6.79. The lowest BCUT2D eigenvalue weighted by molar-refractivity contribution is -0.113. The number of benzene rings is 1. The molecule has 2 aromatic heterocycles. The quantitative estimate of drug-likeness (QED) is 0.443. The van der Waals surface area contributed by atoms with Crippen molar-refractivity contribution in [2.45, 2.75) is 24.9 Å². The number of ether oxygens (including phenoxy) is 1. The highest BCUT2D eigenvalue weighted by atomic mass is 32.2. The van der Waals surface area contributed by atoms with Crippen LogP contribution in [-0.4, -0.2) is 43.6 Å². The Kier molecular flexibility index (Phi) is 6.75. The van der Waals surface area contributed by atoms with Gasteiger partial charge in [-0.3, -0.25) is 9.78 Å².